The topological polar surface area (TPSA) is 90.9 Å². The van der Waals surface area contributed by atoms with Crippen LogP contribution in [0.4, 0.5) is 5.69 Å². The Balaban J connectivity index is 1.80. The third kappa shape index (κ3) is 6.26. The molecule has 1 amide bonds. The normalized spacial score (nSPS) is 11.3. The van der Waals surface area contributed by atoms with Crippen molar-refractivity contribution in [2.45, 2.75) is 33.8 Å². The monoisotopic (exact) mass is 475 g/mol. The minimum Gasteiger partial charge on any atom is -0.490 e. The lowest BCUT2D eigenvalue weighted by Crippen LogP contribution is -2.30. The fourth-order valence-electron chi connectivity index (χ4n) is 3.43. The number of esters is 1. The summed E-state index contributed by atoms with van der Waals surface area (Å²) < 4.78 is 16.6. The van der Waals surface area contributed by atoms with Crippen LogP contribution in [0.2, 0.25) is 0 Å². The molecule has 1 N–H and O–H groups in total. The number of carbonyl (C=O) groups is 3. The molecule has 1 atom stereocenters. The number of benzene rings is 3. The first-order valence-electron chi connectivity index (χ1n) is 11.5. The molecule has 7 heteroatoms. The fourth-order valence-corrected chi connectivity index (χ4v) is 3.43. The summed E-state index contributed by atoms with van der Waals surface area (Å²) in [6.07, 6.45) is -1.07. The van der Waals surface area contributed by atoms with Gasteiger partial charge < -0.3 is 19.5 Å². The fraction of sp³-hybridized carbons (Fsp3) is 0.250. The lowest BCUT2D eigenvalue weighted by Gasteiger charge is -2.16. The predicted octanol–water partition coefficient (Wildman–Crippen LogP) is 5.21. The van der Waals surface area contributed by atoms with Gasteiger partial charge in [-0.05, 0) is 63.6 Å². The molecular formula is C28H29NO6. The van der Waals surface area contributed by atoms with Crippen molar-refractivity contribution in [3.8, 4) is 11.5 Å². The highest BCUT2D eigenvalue weighted by Crippen LogP contribution is 2.30. The molecule has 0 bridgehead atoms. The van der Waals surface area contributed by atoms with Crippen LogP contribution in [0.5, 0.6) is 11.5 Å². The van der Waals surface area contributed by atoms with Crippen LogP contribution in [0, 0.1) is 6.92 Å². The van der Waals surface area contributed by atoms with Gasteiger partial charge in [0.2, 0.25) is 0 Å². The minimum absolute atomic E-state index is 0.0693. The number of nitrogens with one attached hydrogen (secondary N) is 1. The summed E-state index contributed by atoms with van der Waals surface area (Å²) in [5.41, 5.74) is 2.09. The van der Waals surface area contributed by atoms with Crippen LogP contribution < -0.4 is 14.8 Å². The zero-order chi connectivity index (χ0) is 25.4. The highest BCUT2D eigenvalue weighted by Gasteiger charge is 2.24. The highest BCUT2D eigenvalue weighted by atomic mass is 16.5. The van der Waals surface area contributed by atoms with E-state index in [2.05, 4.69) is 5.32 Å². The van der Waals surface area contributed by atoms with Gasteiger partial charge in [-0.25, -0.2) is 4.79 Å². The zero-order valence-corrected chi connectivity index (χ0v) is 20.3. The number of ether oxygens (including phenoxy) is 3. The molecule has 0 aliphatic carbocycles. The second-order valence-corrected chi connectivity index (χ2v) is 7.75. The van der Waals surface area contributed by atoms with Gasteiger partial charge in [-0.3, -0.25) is 9.59 Å². The SMILES string of the molecule is CCOc1ccc(C(=O)c2ccccc2C(=O)OC(C)C(=O)Nc2ccccc2C)cc1OCC. The van der Waals surface area contributed by atoms with E-state index in [-0.39, 0.29) is 16.9 Å². The Morgan fingerprint density at radius 3 is 2.14 bits per heavy atom. The molecule has 0 radical (unpaired) electrons. The van der Waals surface area contributed by atoms with Crippen molar-refractivity contribution in [1.82, 2.24) is 0 Å². The maximum Gasteiger partial charge on any atom is 0.339 e. The van der Waals surface area contributed by atoms with Crippen molar-refractivity contribution >= 4 is 23.3 Å². The van der Waals surface area contributed by atoms with Crippen molar-refractivity contribution in [1.29, 1.82) is 0 Å². The number of ketones is 1. The van der Waals surface area contributed by atoms with Gasteiger partial charge in [0.15, 0.2) is 23.4 Å². The summed E-state index contributed by atoms with van der Waals surface area (Å²) in [6.45, 7) is 7.91. The first-order chi connectivity index (χ1) is 16.8. The number of carbonyl (C=O) groups excluding carboxylic acids is 3. The maximum atomic E-state index is 13.3. The quantitative estimate of drug-likeness (QED) is 0.320. The van der Waals surface area contributed by atoms with Gasteiger partial charge in [-0.15, -0.1) is 0 Å². The van der Waals surface area contributed by atoms with E-state index in [0.717, 1.165) is 5.56 Å². The summed E-state index contributed by atoms with van der Waals surface area (Å²) in [5, 5.41) is 2.75. The lowest BCUT2D eigenvalue weighted by atomic mass is 9.98. The van der Waals surface area contributed by atoms with Gasteiger partial charge in [0.05, 0.1) is 18.8 Å². The van der Waals surface area contributed by atoms with Gasteiger partial charge in [0.25, 0.3) is 5.91 Å². The number of hydrogen-bond donors (Lipinski definition) is 1. The Hall–Kier alpha value is -4.13. The van der Waals surface area contributed by atoms with Crippen molar-refractivity contribution in [3.63, 3.8) is 0 Å². The first kappa shape index (κ1) is 25.5. The van der Waals surface area contributed by atoms with Crippen molar-refractivity contribution in [2.24, 2.45) is 0 Å². The molecule has 35 heavy (non-hydrogen) atoms. The smallest absolute Gasteiger partial charge is 0.339 e. The number of anilines is 1. The van der Waals surface area contributed by atoms with Crippen molar-refractivity contribution in [3.05, 3.63) is 89.0 Å². The average molecular weight is 476 g/mol. The van der Waals surface area contributed by atoms with E-state index >= 15 is 0 Å². The van der Waals surface area contributed by atoms with E-state index in [9.17, 15) is 14.4 Å². The van der Waals surface area contributed by atoms with Crippen LogP contribution in [0.3, 0.4) is 0 Å². The van der Waals surface area contributed by atoms with Gasteiger partial charge in [-0.1, -0.05) is 36.4 Å². The van der Waals surface area contributed by atoms with Crippen molar-refractivity contribution < 1.29 is 28.6 Å². The second-order valence-electron chi connectivity index (χ2n) is 7.75. The molecule has 0 aliphatic rings. The van der Waals surface area contributed by atoms with Gasteiger partial charge in [-0.2, -0.15) is 0 Å². The molecule has 1 unspecified atom stereocenters. The molecule has 0 aliphatic heterocycles. The van der Waals surface area contributed by atoms with Crippen LogP contribution in [0.25, 0.3) is 0 Å². The van der Waals surface area contributed by atoms with Gasteiger partial charge in [0, 0.05) is 16.8 Å². The third-order valence-electron chi connectivity index (χ3n) is 5.25. The Bertz CT molecular complexity index is 1220. The number of rotatable bonds is 10. The molecule has 0 fully saturated rings. The second kappa shape index (κ2) is 11.8. The van der Waals surface area contributed by atoms with Gasteiger partial charge >= 0.3 is 5.97 Å². The Kier molecular flexibility index (Phi) is 8.62. The Morgan fingerprint density at radius 2 is 1.46 bits per heavy atom. The largest absolute Gasteiger partial charge is 0.490 e. The van der Waals surface area contributed by atoms with E-state index in [1.807, 2.05) is 32.9 Å². The summed E-state index contributed by atoms with van der Waals surface area (Å²) in [4.78, 5) is 38.8. The predicted molar refractivity (Wildman–Crippen MR) is 133 cm³/mol. The number of hydrogen-bond acceptors (Lipinski definition) is 6. The molecule has 3 rings (SSSR count). The number of para-hydroxylation sites is 1. The van der Waals surface area contributed by atoms with E-state index in [0.29, 0.717) is 36.0 Å². The molecule has 0 heterocycles. The molecule has 182 valence electrons. The van der Waals surface area contributed by atoms with E-state index in [1.54, 1.807) is 48.5 Å². The Labute approximate surface area is 205 Å². The van der Waals surface area contributed by atoms with E-state index in [1.165, 1.54) is 13.0 Å². The molecule has 3 aromatic rings. The molecular weight excluding hydrogens is 446 g/mol. The van der Waals surface area contributed by atoms with E-state index < -0.39 is 18.0 Å². The summed E-state index contributed by atoms with van der Waals surface area (Å²) in [7, 11) is 0. The van der Waals surface area contributed by atoms with Crippen LogP contribution in [0.15, 0.2) is 66.7 Å². The minimum atomic E-state index is -1.07. The number of aryl methyl sites for hydroxylation is 1. The molecule has 0 saturated heterocycles. The van der Waals surface area contributed by atoms with Crippen LogP contribution in [-0.4, -0.2) is 37.0 Å². The molecule has 3 aromatic carbocycles. The van der Waals surface area contributed by atoms with Crippen LogP contribution in [-0.2, 0) is 9.53 Å². The third-order valence-corrected chi connectivity index (χ3v) is 5.25. The lowest BCUT2D eigenvalue weighted by molar-refractivity contribution is -0.123. The summed E-state index contributed by atoms with van der Waals surface area (Å²) in [6, 6.07) is 18.5. The Morgan fingerprint density at radius 1 is 0.829 bits per heavy atom. The highest BCUT2D eigenvalue weighted by molar-refractivity contribution is 6.15. The molecule has 0 aromatic heterocycles. The van der Waals surface area contributed by atoms with Crippen LogP contribution in [0.1, 0.15) is 52.6 Å². The van der Waals surface area contributed by atoms with Crippen molar-refractivity contribution in [2.75, 3.05) is 18.5 Å². The zero-order valence-electron chi connectivity index (χ0n) is 20.3. The van der Waals surface area contributed by atoms with Crippen LogP contribution >= 0.6 is 0 Å². The average Bonchev–Trinajstić information content (AvgIpc) is 2.86. The molecule has 0 saturated carbocycles. The summed E-state index contributed by atoms with van der Waals surface area (Å²) in [5.74, 6) is -0.630. The van der Waals surface area contributed by atoms with E-state index in [4.69, 9.17) is 14.2 Å². The number of amides is 1. The molecule has 7 nitrogen and oxygen atoms in total. The molecule has 0 spiro atoms. The van der Waals surface area contributed by atoms with Gasteiger partial charge in [0.1, 0.15) is 0 Å². The maximum absolute atomic E-state index is 13.3. The summed E-state index contributed by atoms with van der Waals surface area (Å²) >= 11 is 0. The standard InChI is InChI=1S/C28H29NO6/c1-5-33-24-16-15-20(17-25(24)34-6-2)26(30)21-12-8-9-13-22(21)28(32)35-19(4)27(31)29-23-14-10-7-11-18(23)3/h7-17,19H,5-6H2,1-4H3,(H,29,31). The first-order valence-corrected chi connectivity index (χ1v) is 11.5.